The topological polar surface area (TPSA) is 79.6 Å². The molecule has 1 aromatic rings. The molecule has 2 unspecified atom stereocenters. The van der Waals surface area contributed by atoms with Crippen LogP contribution in [0.3, 0.4) is 0 Å². The first-order chi connectivity index (χ1) is 13.2. The van der Waals surface area contributed by atoms with E-state index < -0.39 is 0 Å². The van der Waals surface area contributed by atoms with E-state index in [4.69, 9.17) is 9.73 Å². The third kappa shape index (κ3) is 6.55. The molecule has 28 heavy (non-hydrogen) atoms. The average molecular weight is 505 g/mol. The van der Waals surface area contributed by atoms with Crippen LogP contribution < -0.4 is 10.6 Å². The van der Waals surface area contributed by atoms with Crippen LogP contribution in [0.2, 0.25) is 0 Å². The zero-order valence-corrected chi connectivity index (χ0v) is 19.8. The number of nitrogens with one attached hydrogen (secondary N) is 2. The van der Waals surface area contributed by atoms with E-state index >= 15 is 0 Å². The third-order valence-electron chi connectivity index (χ3n) is 5.42. The summed E-state index contributed by atoms with van der Waals surface area (Å²) in [6, 6.07) is 0.325. The number of fused-ring (bicyclic) bond motifs is 1. The molecule has 3 rings (SSSR count). The molecule has 0 bridgehead atoms. The smallest absolute Gasteiger partial charge is 0.191 e. The molecule has 9 heteroatoms. The summed E-state index contributed by atoms with van der Waals surface area (Å²) in [5.41, 5.74) is 0. The minimum Gasteiger partial charge on any atom is -0.377 e. The molecule has 0 amide bonds. The Morgan fingerprint density at radius 2 is 2.14 bits per heavy atom. The van der Waals surface area contributed by atoms with Gasteiger partial charge in [0.1, 0.15) is 12.4 Å². The van der Waals surface area contributed by atoms with Gasteiger partial charge in [0, 0.05) is 39.2 Å². The molecular weight excluding hydrogens is 469 g/mol. The third-order valence-corrected chi connectivity index (χ3v) is 5.42. The zero-order chi connectivity index (χ0) is 19.1. The van der Waals surface area contributed by atoms with Gasteiger partial charge >= 0.3 is 0 Å². The number of aromatic nitrogens is 3. The highest BCUT2D eigenvalue weighted by molar-refractivity contribution is 14.0. The molecule has 3 heterocycles. The first-order valence-corrected chi connectivity index (χ1v) is 10.4. The number of hydrogen-bond acceptors (Lipinski definition) is 5. The molecule has 0 saturated carbocycles. The molecule has 2 N–H and O–H groups in total. The van der Waals surface area contributed by atoms with Crippen LogP contribution >= 0.6 is 24.0 Å². The monoisotopic (exact) mass is 505 g/mol. The molecule has 160 valence electrons. The summed E-state index contributed by atoms with van der Waals surface area (Å²) in [4.78, 5) is 12.0. The maximum absolute atomic E-state index is 5.15. The standard InChI is InChI=1S/C19H35N7O.HI/c1-4-20-19(21-11-15-7-6-10-25(5-2)12-15)22-16-8-9-18-23-17(14-27-3)24-26(18)13-16;/h15-16H,4-14H2,1-3H3,(H2,20,21,22);1H. The summed E-state index contributed by atoms with van der Waals surface area (Å²) >= 11 is 0. The Balaban J connectivity index is 0.00000280. The molecule has 8 nitrogen and oxygen atoms in total. The van der Waals surface area contributed by atoms with E-state index in [1.54, 1.807) is 7.11 Å². The van der Waals surface area contributed by atoms with E-state index in [1.165, 1.54) is 25.9 Å². The number of methoxy groups -OCH3 is 1. The molecule has 0 aliphatic carbocycles. The Kier molecular flexibility index (Phi) is 9.93. The van der Waals surface area contributed by atoms with Crippen molar-refractivity contribution < 1.29 is 4.74 Å². The van der Waals surface area contributed by atoms with Gasteiger partial charge in [0.25, 0.3) is 0 Å². The first kappa shape index (κ1) is 23.3. The van der Waals surface area contributed by atoms with Crippen molar-refractivity contribution in [1.82, 2.24) is 30.3 Å². The van der Waals surface area contributed by atoms with E-state index in [1.807, 2.05) is 4.68 Å². The van der Waals surface area contributed by atoms with E-state index in [9.17, 15) is 0 Å². The molecule has 1 fully saturated rings. The number of likely N-dealkylation sites (tertiary alicyclic amines) is 1. The van der Waals surface area contributed by atoms with Gasteiger partial charge in [-0.05, 0) is 45.2 Å². The number of aryl methyl sites for hydroxylation is 1. The second-order valence-corrected chi connectivity index (χ2v) is 7.56. The van der Waals surface area contributed by atoms with Gasteiger partial charge < -0.3 is 20.3 Å². The Hall–Kier alpha value is -0.940. The summed E-state index contributed by atoms with van der Waals surface area (Å²) in [6.45, 7) is 11.0. The van der Waals surface area contributed by atoms with Crippen molar-refractivity contribution >= 4 is 29.9 Å². The quantitative estimate of drug-likeness (QED) is 0.334. The highest BCUT2D eigenvalue weighted by Gasteiger charge is 2.23. The van der Waals surface area contributed by atoms with Crippen molar-refractivity contribution in [3.05, 3.63) is 11.6 Å². The van der Waals surface area contributed by atoms with Gasteiger partial charge in [0.2, 0.25) is 0 Å². The second kappa shape index (κ2) is 11.9. The van der Waals surface area contributed by atoms with Crippen molar-refractivity contribution in [3.63, 3.8) is 0 Å². The fourth-order valence-corrected chi connectivity index (χ4v) is 3.99. The number of nitrogens with zero attached hydrogens (tertiary/aromatic N) is 5. The molecular formula is C19H36IN7O. The number of hydrogen-bond donors (Lipinski definition) is 2. The lowest BCUT2D eigenvalue weighted by atomic mass is 9.98. The van der Waals surface area contributed by atoms with Crippen LogP contribution in [0.1, 0.15) is 44.8 Å². The van der Waals surface area contributed by atoms with Crippen LogP contribution in [0.15, 0.2) is 4.99 Å². The Labute approximate surface area is 185 Å². The Morgan fingerprint density at radius 3 is 2.89 bits per heavy atom. The molecule has 2 atom stereocenters. The van der Waals surface area contributed by atoms with Gasteiger partial charge in [0.15, 0.2) is 11.8 Å². The van der Waals surface area contributed by atoms with Crippen LogP contribution in [0.4, 0.5) is 0 Å². The second-order valence-electron chi connectivity index (χ2n) is 7.56. The highest BCUT2D eigenvalue weighted by atomic mass is 127. The van der Waals surface area contributed by atoms with E-state index in [0.717, 1.165) is 56.6 Å². The van der Waals surface area contributed by atoms with E-state index in [2.05, 4.69) is 39.5 Å². The minimum absolute atomic E-state index is 0. The fraction of sp³-hybridized carbons (Fsp3) is 0.842. The fourth-order valence-electron chi connectivity index (χ4n) is 3.99. The van der Waals surface area contributed by atoms with Crippen molar-refractivity contribution in [2.75, 3.05) is 39.8 Å². The number of halogens is 1. The van der Waals surface area contributed by atoms with Crippen LogP contribution in [0.5, 0.6) is 0 Å². The first-order valence-electron chi connectivity index (χ1n) is 10.4. The minimum atomic E-state index is 0. The van der Waals surface area contributed by atoms with Gasteiger partial charge in [0.05, 0.1) is 6.54 Å². The van der Waals surface area contributed by atoms with E-state index in [-0.39, 0.29) is 24.0 Å². The normalized spacial score (nSPS) is 23.0. The van der Waals surface area contributed by atoms with Crippen LogP contribution in [0, 0.1) is 5.92 Å². The summed E-state index contributed by atoms with van der Waals surface area (Å²) in [5, 5.41) is 11.6. The average Bonchev–Trinajstić information content (AvgIpc) is 3.08. The largest absolute Gasteiger partial charge is 0.377 e. The maximum Gasteiger partial charge on any atom is 0.191 e. The molecule has 2 aliphatic rings. The summed E-state index contributed by atoms with van der Waals surface area (Å²) < 4.78 is 7.16. The number of piperidine rings is 1. The van der Waals surface area contributed by atoms with Crippen LogP contribution in [-0.4, -0.2) is 71.5 Å². The van der Waals surface area contributed by atoms with Crippen molar-refractivity contribution in [1.29, 1.82) is 0 Å². The van der Waals surface area contributed by atoms with Gasteiger partial charge in [-0.1, -0.05) is 6.92 Å². The lowest BCUT2D eigenvalue weighted by Gasteiger charge is -2.31. The van der Waals surface area contributed by atoms with Gasteiger partial charge in [-0.15, -0.1) is 24.0 Å². The maximum atomic E-state index is 5.15. The Bertz CT molecular complexity index is 621. The predicted octanol–water partition coefficient (Wildman–Crippen LogP) is 1.64. The highest BCUT2D eigenvalue weighted by Crippen LogP contribution is 2.17. The van der Waals surface area contributed by atoms with Crippen molar-refractivity contribution in [2.24, 2.45) is 10.9 Å². The van der Waals surface area contributed by atoms with E-state index in [0.29, 0.717) is 18.6 Å². The SMILES string of the molecule is CCNC(=NCC1CCCN(CC)C1)NC1CCc2nc(COC)nn2C1.I. The lowest BCUT2D eigenvalue weighted by molar-refractivity contribution is 0.177. The summed E-state index contributed by atoms with van der Waals surface area (Å²) in [7, 11) is 1.68. The van der Waals surface area contributed by atoms with Crippen molar-refractivity contribution in [3.8, 4) is 0 Å². The molecule has 2 aliphatic heterocycles. The molecule has 1 aromatic heterocycles. The van der Waals surface area contributed by atoms with Crippen molar-refractivity contribution in [2.45, 2.75) is 58.7 Å². The lowest BCUT2D eigenvalue weighted by Crippen LogP contribution is -2.47. The van der Waals surface area contributed by atoms with Gasteiger partial charge in [-0.3, -0.25) is 4.99 Å². The zero-order valence-electron chi connectivity index (χ0n) is 17.5. The summed E-state index contributed by atoms with van der Waals surface area (Å²) in [5.74, 6) is 3.42. The number of guanidine groups is 1. The predicted molar refractivity (Wildman–Crippen MR) is 122 cm³/mol. The molecule has 0 radical (unpaired) electrons. The van der Waals surface area contributed by atoms with Crippen LogP contribution in [-0.2, 0) is 24.3 Å². The molecule has 0 aromatic carbocycles. The number of ether oxygens (including phenoxy) is 1. The van der Waals surface area contributed by atoms with Gasteiger partial charge in [-0.25, -0.2) is 9.67 Å². The molecule has 1 saturated heterocycles. The Morgan fingerprint density at radius 1 is 1.29 bits per heavy atom. The number of aliphatic imine (C=N–C) groups is 1. The summed E-state index contributed by atoms with van der Waals surface area (Å²) in [6.07, 6.45) is 4.55. The molecule has 0 spiro atoms. The number of rotatable bonds is 7. The van der Waals surface area contributed by atoms with Crippen LogP contribution in [0.25, 0.3) is 0 Å². The van der Waals surface area contributed by atoms with Gasteiger partial charge in [-0.2, -0.15) is 5.10 Å².